The third-order valence-corrected chi connectivity index (χ3v) is 3.22. The van der Waals surface area contributed by atoms with Crippen molar-refractivity contribution in [3.63, 3.8) is 0 Å². The summed E-state index contributed by atoms with van der Waals surface area (Å²) in [6.07, 6.45) is 1.13. The first-order valence-corrected chi connectivity index (χ1v) is 5.98. The van der Waals surface area contributed by atoms with Gasteiger partial charge in [0.2, 0.25) is 0 Å². The summed E-state index contributed by atoms with van der Waals surface area (Å²) in [6.45, 7) is 2.05. The normalized spacial score (nSPS) is 17.3. The second kappa shape index (κ2) is 4.02. The molecule has 0 spiro atoms. The van der Waals surface area contributed by atoms with E-state index in [0.717, 1.165) is 23.3 Å². The maximum Gasteiger partial charge on any atom is 0.125 e. The number of fused-ring (bicyclic) bond motifs is 1. The maximum atomic E-state index is 13.0. The van der Waals surface area contributed by atoms with Crippen molar-refractivity contribution >= 4 is 5.69 Å². The number of ether oxygens (including phenoxy) is 1. The molecule has 0 saturated heterocycles. The van der Waals surface area contributed by atoms with Crippen LogP contribution in [0.4, 0.5) is 10.1 Å². The lowest BCUT2D eigenvalue weighted by molar-refractivity contribution is 0.254. The summed E-state index contributed by atoms with van der Waals surface area (Å²) in [4.78, 5) is 0. The number of nitrogen functional groups attached to an aromatic ring is 1. The summed E-state index contributed by atoms with van der Waals surface area (Å²) in [6, 6.07) is 10.5. The summed E-state index contributed by atoms with van der Waals surface area (Å²) in [5, 5.41) is 0. The average molecular weight is 243 g/mol. The molecule has 1 heterocycles. The first kappa shape index (κ1) is 11.1. The van der Waals surface area contributed by atoms with Crippen molar-refractivity contribution in [2.24, 2.45) is 0 Å². The predicted molar refractivity (Wildman–Crippen MR) is 70.0 cm³/mol. The molecule has 0 bridgehead atoms. The Bertz CT molecular complexity index is 609. The molecule has 92 valence electrons. The summed E-state index contributed by atoms with van der Waals surface area (Å²) in [7, 11) is 0. The van der Waals surface area contributed by atoms with E-state index in [9.17, 15) is 4.39 Å². The smallest absolute Gasteiger partial charge is 0.125 e. The molecule has 0 aliphatic carbocycles. The Hall–Kier alpha value is -2.03. The second-order valence-electron chi connectivity index (χ2n) is 4.69. The van der Waals surface area contributed by atoms with E-state index >= 15 is 0 Å². The van der Waals surface area contributed by atoms with Crippen LogP contribution >= 0.6 is 0 Å². The van der Waals surface area contributed by atoms with Gasteiger partial charge < -0.3 is 10.5 Å². The van der Waals surface area contributed by atoms with Crippen molar-refractivity contribution in [2.75, 3.05) is 5.73 Å². The van der Waals surface area contributed by atoms with E-state index in [1.165, 1.54) is 17.7 Å². The van der Waals surface area contributed by atoms with Gasteiger partial charge in [0.1, 0.15) is 17.7 Å². The molecule has 1 unspecified atom stereocenters. The molecule has 2 aromatic carbocycles. The average Bonchev–Trinajstić information content (AvgIpc) is 2.68. The highest BCUT2D eigenvalue weighted by Crippen LogP contribution is 2.34. The third kappa shape index (κ3) is 1.82. The van der Waals surface area contributed by atoms with Crippen LogP contribution in [0.25, 0.3) is 11.1 Å². The van der Waals surface area contributed by atoms with E-state index in [1.54, 1.807) is 6.07 Å². The van der Waals surface area contributed by atoms with Crippen LogP contribution in [0.2, 0.25) is 0 Å². The molecule has 0 saturated carbocycles. The molecular weight excluding hydrogens is 229 g/mol. The van der Waals surface area contributed by atoms with Crippen LogP contribution in [0.3, 0.4) is 0 Å². The highest BCUT2D eigenvalue weighted by Gasteiger charge is 2.19. The Morgan fingerprint density at radius 3 is 2.83 bits per heavy atom. The fraction of sp³-hybridized carbons (Fsp3) is 0.200. The monoisotopic (exact) mass is 243 g/mol. The standard InChI is InChI=1S/C15H14FNO/c1-9-6-11-7-10(2-5-15(11)18-9)13-4-3-12(16)8-14(13)17/h2-5,7-9H,6,17H2,1H3. The van der Waals surface area contributed by atoms with Crippen molar-refractivity contribution < 1.29 is 9.13 Å². The molecule has 18 heavy (non-hydrogen) atoms. The quantitative estimate of drug-likeness (QED) is 0.779. The molecule has 0 radical (unpaired) electrons. The molecule has 0 amide bonds. The minimum absolute atomic E-state index is 0.223. The van der Waals surface area contributed by atoms with Crippen LogP contribution in [0, 0.1) is 5.82 Å². The number of hydrogen-bond acceptors (Lipinski definition) is 2. The maximum absolute atomic E-state index is 13.0. The molecule has 2 nitrogen and oxygen atoms in total. The van der Waals surface area contributed by atoms with Gasteiger partial charge in [-0.2, -0.15) is 0 Å². The van der Waals surface area contributed by atoms with E-state index in [0.29, 0.717) is 5.69 Å². The number of anilines is 1. The Balaban J connectivity index is 2.05. The zero-order valence-electron chi connectivity index (χ0n) is 10.1. The first-order chi connectivity index (χ1) is 8.63. The van der Waals surface area contributed by atoms with Crippen molar-refractivity contribution in [1.82, 2.24) is 0 Å². The lowest BCUT2D eigenvalue weighted by Gasteiger charge is -2.07. The van der Waals surface area contributed by atoms with Gasteiger partial charge in [0.25, 0.3) is 0 Å². The van der Waals surface area contributed by atoms with Gasteiger partial charge in [-0.3, -0.25) is 0 Å². The summed E-state index contributed by atoms with van der Waals surface area (Å²) >= 11 is 0. The number of rotatable bonds is 1. The number of halogens is 1. The van der Waals surface area contributed by atoms with Crippen LogP contribution in [-0.4, -0.2) is 6.10 Å². The van der Waals surface area contributed by atoms with E-state index in [4.69, 9.17) is 10.5 Å². The molecule has 1 atom stereocenters. The van der Waals surface area contributed by atoms with Crippen molar-refractivity contribution in [3.05, 3.63) is 47.8 Å². The third-order valence-electron chi connectivity index (χ3n) is 3.22. The zero-order valence-corrected chi connectivity index (χ0v) is 10.1. The molecule has 3 rings (SSSR count). The van der Waals surface area contributed by atoms with Crippen LogP contribution in [0.5, 0.6) is 5.75 Å². The van der Waals surface area contributed by atoms with Crippen LogP contribution in [0.1, 0.15) is 12.5 Å². The summed E-state index contributed by atoms with van der Waals surface area (Å²) in [5.74, 6) is 0.626. The van der Waals surface area contributed by atoms with Gasteiger partial charge >= 0.3 is 0 Å². The summed E-state index contributed by atoms with van der Waals surface area (Å²) in [5.41, 5.74) is 9.36. The minimum Gasteiger partial charge on any atom is -0.490 e. The van der Waals surface area contributed by atoms with E-state index in [1.807, 2.05) is 19.1 Å². The SMILES string of the molecule is CC1Cc2cc(-c3ccc(F)cc3N)ccc2O1. The van der Waals surface area contributed by atoms with Gasteiger partial charge in [-0.1, -0.05) is 6.07 Å². The first-order valence-electron chi connectivity index (χ1n) is 5.98. The zero-order chi connectivity index (χ0) is 12.7. The minimum atomic E-state index is -0.311. The van der Waals surface area contributed by atoms with Gasteiger partial charge in [-0.25, -0.2) is 4.39 Å². The van der Waals surface area contributed by atoms with Crippen molar-refractivity contribution in [2.45, 2.75) is 19.4 Å². The van der Waals surface area contributed by atoms with Gasteiger partial charge in [-0.05, 0) is 48.4 Å². The molecule has 3 heteroatoms. The Labute approximate surface area is 105 Å². The van der Waals surface area contributed by atoms with E-state index < -0.39 is 0 Å². The number of nitrogens with two attached hydrogens (primary N) is 1. The van der Waals surface area contributed by atoms with Crippen LogP contribution in [-0.2, 0) is 6.42 Å². The highest BCUT2D eigenvalue weighted by molar-refractivity contribution is 5.77. The van der Waals surface area contributed by atoms with Gasteiger partial charge in [0.15, 0.2) is 0 Å². The molecule has 2 N–H and O–H groups in total. The van der Waals surface area contributed by atoms with E-state index in [2.05, 4.69) is 6.07 Å². The fourth-order valence-corrected chi connectivity index (χ4v) is 2.39. The predicted octanol–water partition coefficient (Wildman–Crippen LogP) is 3.40. The highest BCUT2D eigenvalue weighted by atomic mass is 19.1. The van der Waals surface area contributed by atoms with Gasteiger partial charge in [0, 0.05) is 17.7 Å². The molecule has 1 aliphatic heterocycles. The largest absolute Gasteiger partial charge is 0.490 e. The Morgan fingerprint density at radius 1 is 1.22 bits per heavy atom. The molecular formula is C15H14FNO. The molecule has 0 aromatic heterocycles. The van der Waals surface area contributed by atoms with Gasteiger partial charge in [-0.15, -0.1) is 0 Å². The van der Waals surface area contributed by atoms with Crippen molar-refractivity contribution in [3.8, 4) is 16.9 Å². The van der Waals surface area contributed by atoms with Crippen LogP contribution in [0.15, 0.2) is 36.4 Å². The number of benzene rings is 2. The van der Waals surface area contributed by atoms with Crippen LogP contribution < -0.4 is 10.5 Å². The second-order valence-corrected chi connectivity index (χ2v) is 4.69. The number of hydrogen-bond donors (Lipinski definition) is 1. The fourth-order valence-electron chi connectivity index (χ4n) is 2.39. The van der Waals surface area contributed by atoms with Crippen molar-refractivity contribution in [1.29, 1.82) is 0 Å². The Morgan fingerprint density at radius 2 is 2.06 bits per heavy atom. The van der Waals surface area contributed by atoms with Gasteiger partial charge in [0.05, 0.1) is 0 Å². The lowest BCUT2D eigenvalue weighted by atomic mass is 10.00. The topological polar surface area (TPSA) is 35.2 Å². The summed E-state index contributed by atoms with van der Waals surface area (Å²) < 4.78 is 18.7. The lowest BCUT2D eigenvalue weighted by Crippen LogP contribution is -2.05. The Kier molecular flexibility index (Phi) is 2.47. The van der Waals surface area contributed by atoms with E-state index in [-0.39, 0.29) is 11.9 Å². The molecule has 0 fully saturated rings. The molecule has 1 aliphatic rings. The molecule has 2 aromatic rings.